The van der Waals surface area contributed by atoms with Crippen LogP contribution in [-0.4, -0.2) is 48.8 Å². The lowest BCUT2D eigenvalue weighted by Crippen LogP contribution is -2.46. The molecule has 2 unspecified atom stereocenters. The van der Waals surface area contributed by atoms with Gasteiger partial charge in [-0.2, -0.15) is 8.42 Å². The van der Waals surface area contributed by atoms with E-state index in [1.54, 1.807) is 38.2 Å². The summed E-state index contributed by atoms with van der Waals surface area (Å²) in [6, 6.07) is 5.31. The van der Waals surface area contributed by atoms with Crippen LogP contribution < -0.4 is 10.6 Å². The maximum Gasteiger partial charge on any atom is 0.327 e. The van der Waals surface area contributed by atoms with Crippen LogP contribution in [0.25, 0.3) is 0 Å². The highest BCUT2D eigenvalue weighted by atomic mass is 32.2. The lowest BCUT2D eigenvalue weighted by molar-refractivity contribution is -0.141. The van der Waals surface area contributed by atoms with E-state index in [4.69, 9.17) is 9.66 Å². The molecule has 1 rings (SSSR count). The number of hydrogen-bond acceptors (Lipinski definition) is 5. The number of carbonyl (C=O) groups excluding carboxylic acids is 1. The Morgan fingerprint density at radius 1 is 1.22 bits per heavy atom. The number of carbonyl (C=O) groups is 2. The van der Waals surface area contributed by atoms with Gasteiger partial charge in [0.2, 0.25) is 5.91 Å². The van der Waals surface area contributed by atoms with Crippen LogP contribution in [-0.2, 0) is 19.7 Å². The van der Waals surface area contributed by atoms with Gasteiger partial charge in [0, 0.05) is 12.7 Å². The van der Waals surface area contributed by atoms with Crippen molar-refractivity contribution in [3.63, 3.8) is 0 Å². The number of hydrogen-bond donors (Lipinski definition) is 4. The Hall–Kier alpha value is -2.13. The van der Waals surface area contributed by atoms with E-state index in [1.807, 2.05) is 0 Å². The van der Waals surface area contributed by atoms with Crippen molar-refractivity contribution in [3.8, 4) is 0 Å². The minimum atomic E-state index is -4.52. The Morgan fingerprint density at radius 3 is 2.17 bits per heavy atom. The van der Waals surface area contributed by atoms with Gasteiger partial charge in [-0.1, -0.05) is 19.1 Å². The Kier molecular flexibility index (Phi) is 6.52. The standard InChI is InChI=1S/C14H20N2O6S/c1-3-11(9-4-6-10(15-2)7-5-9)13(17)16-12(14(18)19)8-23(20,21)22/h4-7,11-12,15H,3,8H2,1-2H3,(H,16,17)(H,18,19)(H,20,21,22). The molecule has 8 nitrogen and oxygen atoms in total. The molecule has 9 heteroatoms. The molecular formula is C14H20N2O6S. The Labute approximate surface area is 134 Å². The zero-order valence-corrected chi connectivity index (χ0v) is 13.6. The summed E-state index contributed by atoms with van der Waals surface area (Å²) in [7, 11) is -2.77. The molecule has 0 bridgehead atoms. The molecule has 0 radical (unpaired) electrons. The number of amides is 1. The second-order valence-corrected chi connectivity index (χ2v) is 6.48. The Bertz CT molecular complexity index is 656. The van der Waals surface area contributed by atoms with Crippen molar-refractivity contribution in [1.82, 2.24) is 5.32 Å². The lowest BCUT2D eigenvalue weighted by atomic mass is 9.95. The van der Waals surface area contributed by atoms with Crippen LogP contribution in [0.4, 0.5) is 5.69 Å². The van der Waals surface area contributed by atoms with Gasteiger partial charge in [0.25, 0.3) is 10.1 Å². The molecule has 0 aliphatic heterocycles. The van der Waals surface area contributed by atoms with E-state index in [2.05, 4.69) is 10.6 Å². The van der Waals surface area contributed by atoms with Crippen LogP contribution in [0.1, 0.15) is 24.8 Å². The van der Waals surface area contributed by atoms with E-state index in [9.17, 15) is 18.0 Å². The number of carboxylic acids is 1. The number of anilines is 1. The van der Waals surface area contributed by atoms with Crippen LogP contribution in [0, 0.1) is 0 Å². The fourth-order valence-corrected chi connectivity index (χ4v) is 2.76. The van der Waals surface area contributed by atoms with E-state index in [1.165, 1.54) is 0 Å². The zero-order chi connectivity index (χ0) is 17.6. The van der Waals surface area contributed by atoms with E-state index >= 15 is 0 Å². The first-order valence-corrected chi connectivity index (χ1v) is 8.55. The van der Waals surface area contributed by atoms with E-state index in [-0.39, 0.29) is 0 Å². The van der Waals surface area contributed by atoms with E-state index in [0.29, 0.717) is 12.0 Å². The predicted molar refractivity (Wildman–Crippen MR) is 85.0 cm³/mol. The first-order chi connectivity index (χ1) is 10.7. The topological polar surface area (TPSA) is 133 Å². The molecule has 0 heterocycles. The third-order valence-electron chi connectivity index (χ3n) is 3.32. The quantitative estimate of drug-likeness (QED) is 0.510. The van der Waals surface area contributed by atoms with Gasteiger partial charge in [-0.15, -0.1) is 0 Å². The van der Waals surface area contributed by atoms with Crippen LogP contribution in [0.2, 0.25) is 0 Å². The average Bonchev–Trinajstić information content (AvgIpc) is 2.46. The fraction of sp³-hybridized carbons (Fsp3) is 0.429. The smallest absolute Gasteiger partial charge is 0.327 e. The summed E-state index contributed by atoms with van der Waals surface area (Å²) < 4.78 is 30.5. The maximum absolute atomic E-state index is 12.3. The van der Waals surface area contributed by atoms with Crippen molar-refractivity contribution in [2.75, 3.05) is 18.1 Å². The normalized spacial score (nSPS) is 13.9. The fourth-order valence-electron chi connectivity index (χ4n) is 2.11. The highest BCUT2D eigenvalue weighted by Crippen LogP contribution is 2.21. The van der Waals surface area contributed by atoms with Gasteiger partial charge in [0.1, 0.15) is 11.8 Å². The van der Waals surface area contributed by atoms with Gasteiger partial charge in [0.05, 0.1) is 5.92 Å². The molecule has 1 aromatic carbocycles. The van der Waals surface area contributed by atoms with E-state index in [0.717, 1.165) is 5.69 Å². The molecule has 0 aliphatic rings. The highest BCUT2D eigenvalue weighted by molar-refractivity contribution is 7.85. The summed E-state index contributed by atoms with van der Waals surface area (Å²) in [6.45, 7) is 1.76. The lowest BCUT2D eigenvalue weighted by Gasteiger charge is -2.19. The van der Waals surface area contributed by atoms with Gasteiger partial charge in [-0.25, -0.2) is 4.79 Å². The molecule has 0 saturated heterocycles. The van der Waals surface area contributed by atoms with Crippen molar-refractivity contribution in [2.24, 2.45) is 0 Å². The van der Waals surface area contributed by atoms with Crippen LogP contribution in [0.3, 0.4) is 0 Å². The summed E-state index contributed by atoms with van der Waals surface area (Å²) in [6.07, 6.45) is 0.406. The van der Waals surface area contributed by atoms with Gasteiger partial charge >= 0.3 is 5.97 Å². The van der Waals surface area contributed by atoms with Crippen molar-refractivity contribution >= 4 is 27.7 Å². The minimum absolute atomic E-state index is 0.406. The number of nitrogens with one attached hydrogen (secondary N) is 2. The summed E-state index contributed by atoms with van der Waals surface area (Å²) >= 11 is 0. The third-order valence-corrected chi connectivity index (χ3v) is 4.07. The van der Waals surface area contributed by atoms with Crippen molar-refractivity contribution < 1.29 is 27.7 Å². The third kappa shape index (κ3) is 5.87. The molecule has 1 amide bonds. The molecular weight excluding hydrogens is 324 g/mol. The summed E-state index contributed by atoms with van der Waals surface area (Å²) in [5, 5.41) is 14.1. The largest absolute Gasteiger partial charge is 0.480 e. The SMILES string of the molecule is CCC(C(=O)NC(CS(=O)(=O)O)C(=O)O)c1ccc(NC)cc1. The molecule has 1 aromatic rings. The first-order valence-electron chi connectivity index (χ1n) is 6.94. The highest BCUT2D eigenvalue weighted by Gasteiger charge is 2.28. The molecule has 128 valence electrons. The molecule has 2 atom stereocenters. The average molecular weight is 344 g/mol. The van der Waals surface area contributed by atoms with Crippen molar-refractivity contribution in [2.45, 2.75) is 25.3 Å². The predicted octanol–water partition coefficient (Wildman–Crippen LogP) is 0.679. The molecule has 0 saturated carbocycles. The second kappa shape index (κ2) is 7.93. The van der Waals surface area contributed by atoms with E-state index < -0.39 is 39.7 Å². The summed E-state index contributed by atoms with van der Waals surface area (Å²) in [4.78, 5) is 23.3. The molecule has 23 heavy (non-hydrogen) atoms. The molecule has 4 N–H and O–H groups in total. The maximum atomic E-state index is 12.3. The Balaban J connectivity index is 2.91. The number of aliphatic carboxylic acids is 1. The monoisotopic (exact) mass is 344 g/mol. The summed E-state index contributed by atoms with van der Waals surface area (Å²) in [5.41, 5.74) is 1.54. The van der Waals surface area contributed by atoms with Crippen LogP contribution >= 0.6 is 0 Å². The zero-order valence-electron chi connectivity index (χ0n) is 12.8. The van der Waals surface area contributed by atoms with Gasteiger partial charge in [0.15, 0.2) is 0 Å². The van der Waals surface area contributed by atoms with Crippen molar-refractivity contribution in [1.29, 1.82) is 0 Å². The summed E-state index contributed by atoms with van der Waals surface area (Å²) in [5.74, 6) is -3.84. The first kappa shape index (κ1) is 18.9. The number of rotatable bonds is 8. The number of carboxylic acid groups (broad SMARTS) is 1. The van der Waals surface area contributed by atoms with Gasteiger partial charge in [-0.05, 0) is 24.1 Å². The van der Waals surface area contributed by atoms with Crippen LogP contribution in [0.15, 0.2) is 24.3 Å². The molecule has 0 spiro atoms. The van der Waals surface area contributed by atoms with Crippen molar-refractivity contribution in [3.05, 3.63) is 29.8 Å². The van der Waals surface area contributed by atoms with Gasteiger partial charge in [-0.3, -0.25) is 9.35 Å². The molecule has 0 aromatic heterocycles. The van der Waals surface area contributed by atoms with Crippen LogP contribution in [0.5, 0.6) is 0 Å². The Morgan fingerprint density at radius 2 is 1.78 bits per heavy atom. The molecule has 0 aliphatic carbocycles. The second-order valence-electron chi connectivity index (χ2n) is 4.98. The minimum Gasteiger partial charge on any atom is -0.480 e. The number of benzene rings is 1. The van der Waals surface area contributed by atoms with Gasteiger partial charge < -0.3 is 15.7 Å². The molecule has 0 fully saturated rings.